The van der Waals surface area contributed by atoms with Crippen LogP contribution in [0.1, 0.15) is 27.2 Å². The molecule has 0 amide bonds. The Morgan fingerprint density at radius 2 is 2.12 bits per heavy atom. The van der Waals surface area contributed by atoms with Crippen LogP contribution in [0.5, 0.6) is 0 Å². The van der Waals surface area contributed by atoms with Gasteiger partial charge in [-0.3, -0.25) is 0 Å². The third-order valence-corrected chi connectivity index (χ3v) is 0.628. The van der Waals surface area contributed by atoms with Crippen LogP contribution >= 0.6 is 0 Å². The molecule has 0 saturated carbocycles. The summed E-state index contributed by atoms with van der Waals surface area (Å²) in [5.41, 5.74) is 7.06. The van der Waals surface area contributed by atoms with E-state index in [1.165, 1.54) is 5.57 Å². The van der Waals surface area contributed by atoms with E-state index in [2.05, 4.69) is 18.4 Å². The van der Waals surface area contributed by atoms with Gasteiger partial charge in [0.25, 0.3) is 0 Å². The Morgan fingerprint density at radius 3 is 2.50 bits per heavy atom. The van der Waals surface area contributed by atoms with Crippen molar-refractivity contribution >= 4 is 0 Å². The summed E-state index contributed by atoms with van der Waals surface area (Å²) in [6, 6.07) is 0. The van der Waals surface area contributed by atoms with Crippen molar-refractivity contribution in [2.45, 2.75) is 27.2 Å². The number of hydrogen-bond acceptors (Lipinski definition) is 0. The summed E-state index contributed by atoms with van der Waals surface area (Å²) in [4.78, 5) is 0. The van der Waals surface area contributed by atoms with Gasteiger partial charge in [-0.25, -0.2) is 0 Å². The first kappa shape index (κ1) is 7.30. The van der Waals surface area contributed by atoms with E-state index in [0.717, 1.165) is 6.42 Å². The van der Waals surface area contributed by atoms with E-state index in [4.69, 9.17) is 0 Å². The first-order valence-corrected chi connectivity index (χ1v) is 2.90. The van der Waals surface area contributed by atoms with Crippen molar-refractivity contribution < 1.29 is 0 Å². The molecule has 0 aromatic heterocycles. The van der Waals surface area contributed by atoms with E-state index in [-0.39, 0.29) is 0 Å². The molecule has 0 fully saturated rings. The van der Waals surface area contributed by atoms with Crippen molar-refractivity contribution in [2.75, 3.05) is 0 Å². The van der Waals surface area contributed by atoms with Crippen molar-refractivity contribution in [1.29, 1.82) is 0 Å². The third kappa shape index (κ3) is 5.30. The molecule has 0 aliphatic heterocycles. The smallest absolute Gasteiger partial charge is 0.0261 e. The molecule has 0 heteroatoms. The lowest BCUT2D eigenvalue weighted by Crippen LogP contribution is -1.50. The largest absolute Gasteiger partial charge is 0.0747 e. The van der Waals surface area contributed by atoms with Gasteiger partial charge in [0.1, 0.15) is 0 Å². The zero-order valence-corrected chi connectivity index (χ0v) is 5.78. The van der Waals surface area contributed by atoms with Crippen molar-refractivity contribution in [3.05, 3.63) is 23.1 Å². The molecule has 0 aliphatic carbocycles. The van der Waals surface area contributed by atoms with Gasteiger partial charge in [0.2, 0.25) is 0 Å². The second-order valence-corrected chi connectivity index (χ2v) is 1.88. The molecule has 0 aliphatic rings. The Balaban J connectivity index is 4.00. The predicted octanol–water partition coefficient (Wildman–Crippen LogP) is 2.67. The Morgan fingerprint density at radius 1 is 1.50 bits per heavy atom. The summed E-state index contributed by atoms with van der Waals surface area (Å²) in [5.74, 6) is 0. The van der Waals surface area contributed by atoms with Crippen LogP contribution in [-0.2, 0) is 0 Å². The summed E-state index contributed by atoms with van der Waals surface area (Å²) in [5, 5.41) is 0. The second-order valence-electron chi connectivity index (χ2n) is 1.88. The van der Waals surface area contributed by atoms with E-state index in [9.17, 15) is 0 Å². The molecule has 8 heavy (non-hydrogen) atoms. The molecule has 0 saturated heterocycles. The highest BCUT2D eigenvalue weighted by molar-refractivity contribution is 4.93. The Bertz CT molecular complexity index is 135. The lowest BCUT2D eigenvalue weighted by molar-refractivity contribution is 1.23. The van der Waals surface area contributed by atoms with Gasteiger partial charge in [-0.15, -0.1) is 0 Å². The maximum absolute atomic E-state index is 2.96. The average Bonchev–Trinajstić information content (AvgIpc) is 1.66. The van der Waals surface area contributed by atoms with Crippen LogP contribution < -0.4 is 0 Å². The van der Waals surface area contributed by atoms with Crippen LogP contribution in [0.4, 0.5) is 0 Å². The summed E-state index contributed by atoms with van der Waals surface area (Å²) in [7, 11) is 0. The van der Waals surface area contributed by atoms with Crippen LogP contribution in [0.3, 0.4) is 0 Å². The van der Waals surface area contributed by atoms with Crippen molar-refractivity contribution in [3.63, 3.8) is 0 Å². The van der Waals surface area contributed by atoms with Crippen LogP contribution in [-0.4, -0.2) is 0 Å². The van der Waals surface area contributed by atoms with Gasteiger partial charge in [-0.2, -0.15) is 0 Å². The minimum atomic E-state index is 1.04. The van der Waals surface area contributed by atoms with E-state index in [1.54, 1.807) is 0 Å². The summed E-state index contributed by atoms with van der Waals surface area (Å²) in [6.07, 6.45) is 3.01. The minimum Gasteiger partial charge on any atom is -0.0747 e. The lowest BCUT2D eigenvalue weighted by Gasteiger charge is -1.69. The first-order chi connectivity index (χ1) is 3.77. The molecule has 0 spiro atoms. The standard InChI is InChI=1S/C8H12/c1-4-5-6-7-8(2)3/h5H,4H2,1-3H3. The number of hydrogen-bond donors (Lipinski definition) is 0. The zero-order chi connectivity index (χ0) is 6.41. The molecule has 0 N–H and O–H groups in total. The minimum absolute atomic E-state index is 1.04. The Labute approximate surface area is 51.2 Å². The van der Waals surface area contributed by atoms with Crippen LogP contribution in [0, 0.1) is 0 Å². The topological polar surface area (TPSA) is 0 Å². The molecule has 0 aromatic rings. The van der Waals surface area contributed by atoms with Gasteiger partial charge < -0.3 is 0 Å². The molecule has 0 nitrogen and oxygen atoms in total. The van der Waals surface area contributed by atoms with Crippen LogP contribution in [0.25, 0.3) is 0 Å². The number of allylic oxidation sites excluding steroid dienone is 2. The molecule has 0 heterocycles. The highest BCUT2D eigenvalue weighted by atomic mass is 13.7. The molecular formula is C8H12. The van der Waals surface area contributed by atoms with Gasteiger partial charge in [-0.1, -0.05) is 18.4 Å². The van der Waals surface area contributed by atoms with Gasteiger partial charge in [0, 0.05) is 0 Å². The van der Waals surface area contributed by atoms with Gasteiger partial charge in [0.15, 0.2) is 0 Å². The van der Waals surface area contributed by atoms with E-state index >= 15 is 0 Å². The van der Waals surface area contributed by atoms with Crippen molar-refractivity contribution in [2.24, 2.45) is 0 Å². The molecule has 0 unspecified atom stereocenters. The first-order valence-electron chi connectivity index (χ1n) is 2.90. The average molecular weight is 108 g/mol. The molecule has 0 aromatic carbocycles. The maximum atomic E-state index is 2.96. The van der Waals surface area contributed by atoms with Crippen LogP contribution in [0.2, 0.25) is 0 Å². The maximum Gasteiger partial charge on any atom is -0.0261 e. The van der Waals surface area contributed by atoms with Crippen LogP contribution in [0.15, 0.2) is 23.1 Å². The molecule has 44 valence electrons. The number of rotatable bonds is 1. The van der Waals surface area contributed by atoms with Crippen molar-refractivity contribution in [1.82, 2.24) is 0 Å². The van der Waals surface area contributed by atoms with Gasteiger partial charge in [0.05, 0.1) is 0 Å². The van der Waals surface area contributed by atoms with E-state index in [1.807, 2.05) is 19.9 Å². The molecule has 0 atom stereocenters. The molecular weight excluding hydrogens is 96.1 g/mol. The van der Waals surface area contributed by atoms with E-state index in [0.29, 0.717) is 0 Å². The lowest BCUT2D eigenvalue weighted by atomic mass is 10.4. The molecule has 0 radical (unpaired) electrons. The summed E-state index contributed by atoms with van der Waals surface area (Å²) >= 11 is 0. The quantitative estimate of drug-likeness (QED) is 0.453. The molecule has 0 bridgehead atoms. The zero-order valence-electron chi connectivity index (χ0n) is 5.78. The summed E-state index contributed by atoms with van der Waals surface area (Å²) < 4.78 is 0. The molecule has 0 rings (SSSR count). The monoisotopic (exact) mass is 108 g/mol. The summed E-state index contributed by atoms with van der Waals surface area (Å²) in [6.45, 7) is 6.10. The predicted molar refractivity (Wildman–Crippen MR) is 36.7 cm³/mol. The second kappa shape index (κ2) is 4.46. The Hall–Kier alpha value is -0.700. The SMILES string of the molecule is CCC=C=C=C(C)C. The Kier molecular flexibility index (Phi) is 4.07. The fourth-order valence-corrected chi connectivity index (χ4v) is 0.297. The fourth-order valence-electron chi connectivity index (χ4n) is 0.297. The van der Waals surface area contributed by atoms with E-state index < -0.39 is 0 Å². The highest BCUT2D eigenvalue weighted by Crippen LogP contribution is 1.81. The third-order valence-electron chi connectivity index (χ3n) is 0.628. The van der Waals surface area contributed by atoms with Gasteiger partial charge >= 0.3 is 0 Å². The normalized spacial score (nSPS) is 6.88. The van der Waals surface area contributed by atoms with Gasteiger partial charge in [-0.05, 0) is 31.9 Å². The fraction of sp³-hybridized carbons (Fsp3) is 0.500. The highest BCUT2D eigenvalue weighted by Gasteiger charge is 1.62. The van der Waals surface area contributed by atoms with Crippen molar-refractivity contribution in [3.8, 4) is 0 Å².